The minimum absolute atomic E-state index is 0.0882. The van der Waals surface area contributed by atoms with Crippen LogP contribution in [0.25, 0.3) is 11.3 Å². The van der Waals surface area contributed by atoms with E-state index in [-0.39, 0.29) is 17.2 Å². The molecule has 0 amide bonds. The van der Waals surface area contributed by atoms with Gasteiger partial charge in [0.25, 0.3) is 0 Å². The van der Waals surface area contributed by atoms with Crippen molar-refractivity contribution in [2.24, 2.45) is 0 Å². The molecule has 1 fully saturated rings. The summed E-state index contributed by atoms with van der Waals surface area (Å²) in [5.41, 5.74) is -0.298. The van der Waals surface area contributed by atoms with Crippen molar-refractivity contribution < 1.29 is 24.4 Å². The van der Waals surface area contributed by atoms with Crippen LogP contribution in [0.4, 0.5) is 4.39 Å². The number of aliphatic hydroxyl groups excluding tert-OH is 3. The van der Waals surface area contributed by atoms with Crippen molar-refractivity contribution in [3.05, 3.63) is 36.8 Å². The number of aliphatic hydroxyl groups is 3. The lowest BCUT2D eigenvalue weighted by Gasteiger charge is -2.34. The standard InChI is InChI=1S/C14H14FN3O4S/c15-9-1-8(4-18-11(9)7-2-16-6-17-3-7)22-14-13(21)12(20)10(19)5-23-14/h1-4,6,10,12-14,19-21H,5H2/t10-,12+,13-,14+/m1/s1. The molecule has 0 bridgehead atoms. The van der Waals surface area contributed by atoms with E-state index in [1.165, 1.54) is 24.9 Å². The van der Waals surface area contributed by atoms with E-state index < -0.39 is 29.6 Å². The predicted molar refractivity (Wildman–Crippen MR) is 80.1 cm³/mol. The van der Waals surface area contributed by atoms with E-state index in [1.54, 1.807) is 0 Å². The van der Waals surface area contributed by atoms with Crippen LogP contribution in [0.5, 0.6) is 5.75 Å². The van der Waals surface area contributed by atoms with Gasteiger partial charge in [-0.25, -0.2) is 19.3 Å². The van der Waals surface area contributed by atoms with Crippen molar-refractivity contribution in [3.8, 4) is 17.0 Å². The number of aromatic nitrogens is 3. The second-order valence-corrected chi connectivity index (χ2v) is 6.13. The van der Waals surface area contributed by atoms with Gasteiger partial charge >= 0.3 is 0 Å². The topological polar surface area (TPSA) is 109 Å². The molecule has 0 radical (unpaired) electrons. The number of hydrogen-bond acceptors (Lipinski definition) is 8. The zero-order chi connectivity index (χ0) is 16.4. The quantitative estimate of drug-likeness (QED) is 0.728. The van der Waals surface area contributed by atoms with Gasteiger partial charge in [0.2, 0.25) is 0 Å². The van der Waals surface area contributed by atoms with Crippen molar-refractivity contribution in [3.63, 3.8) is 0 Å². The Balaban J connectivity index is 1.76. The second-order valence-electron chi connectivity index (χ2n) is 5.00. The first-order valence-electron chi connectivity index (χ1n) is 6.79. The van der Waals surface area contributed by atoms with Crippen molar-refractivity contribution in [2.45, 2.75) is 23.7 Å². The van der Waals surface area contributed by atoms with Gasteiger partial charge in [0.15, 0.2) is 11.3 Å². The second kappa shape index (κ2) is 6.75. The molecule has 2 aromatic heterocycles. The lowest BCUT2D eigenvalue weighted by molar-refractivity contribution is -0.0786. The summed E-state index contributed by atoms with van der Waals surface area (Å²) in [5.74, 6) is -0.297. The summed E-state index contributed by atoms with van der Waals surface area (Å²) >= 11 is 1.13. The van der Waals surface area contributed by atoms with E-state index in [4.69, 9.17) is 4.74 Å². The molecule has 2 aromatic rings. The number of halogens is 1. The molecule has 1 saturated heterocycles. The molecule has 3 rings (SSSR count). The highest BCUT2D eigenvalue weighted by Crippen LogP contribution is 2.30. The lowest BCUT2D eigenvalue weighted by Crippen LogP contribution is -2.50. The largest absolute Gasteiger partial charge is 0.475 e. The van der Waals surface area contributed by atoms with Crippen LogP contribution in [-0.4, -0.2) is 59.8 Å². The van der Waals surface area contributed by atoms with E-state index in [2.05, 4.69) is 15.0 Å². The normalized spacial score (nSPS) is 27.7. The van der Waals surface area contributed by atoms with Crippen LogP contribution in [0.1, 0.15) is 0 Å². The van der Waals surface area contributed by atoms with Crippen LogP contribution < -0.4 is 4.74 Å². The molecule has 0 unspecified atom stereocenters. The Bertz CT molecular complexity index is 678. The third-order valence-electron chi connectivity index (χ3n) is 3.36. The molecule has 122 valence electrons. The molecule has 4 atom stereocenters. The zero-order valence-electron chi connectivity index (χ0n) is 11.8. The molecule has 0 aliphatic carbocycles. The Morgan fingerprint density at radius 3 is 2.57 bits per heavy atom. The van der Waals surface area contributed by atoms with Crippen molar-refractivity contribution in [2.75, 3.05) is 5.75 Å². The maximum absolute atomic E-state index is 14.2. The fraction of sp³-hybridized carbons (Fsp3) is 0.357. The number of thioether (sulfide) groups is 1. The molecular formula is C14H14FN3O4S. The third kappa shape index (κ3) is 3.42. The summed E-state index contributed by atoms with van der Waals surface area (Å²) in [6.45, 7) is 0. The number of rotatable bonds is 3. The Kier molecular flexibility index (Phi) is 4.71. The van der Waals surface area contributed by atoms with Gasteiger partial charge in [-0.1, -0.05) is 0 Å². The molecule has 0 saturated carbocycles. The zero-order valence-corrected chi connectivity index (χ0v) is 12.6. The Hall–Kier alpha value is -1.81. The number of nitrogens with zero attached hydrogens (tertiary/aromatic N) is 3. The summed E-state index contributed by atoms with van der Waals surface area (Å²) in [6.07, 6.45) is 1.92. The van der Waals surface area contributed by atoms with Crippen molar-refractivity contribution in [1.82, 2.24) is 15.0 Å². The minimum Gasteiger partial charge on any atom is -0.475 e. The van der Waals surface area contributed by atoms with Crippen LogP contribution in [0.15, 0.2) is 31.0 Å². The summed E-state index contributed by atoms with van der Waals surface area (Å²) in [4.78, 5) is 11.6. The first-order valence-corrected chi connectivity index (χ1v) is 7.84. The molecule has 7 nitrogen and oxygen atoms in total. The van der Waals surface area contributed by atoms with E-state index in [1.807, 2.05) is 0 Å². The summed E-state index contributed by atoms with van der Waals surface area (Å²) in [7, 11) is 0. The van der Waals surface area contributed by atoms with E-state index in [0.29, 0.717) is 5.56 Å². The molecule has 3 heterocycles. The van der Waals surface area contributed by atoms with E-state index in [0.717, 1.165) is 17.8 Å². The highest BCUT2D eigenvalue weighted by molar-refractivity contribution is 7.99. The number of ether oxygens (including phenoxy) is 1. The molecule has 0 aromatic carbocycles. The Morgan fingerprint density at radius 2 is 1.87 bits per heavy atom. The number of pyridine rings is 1. The third-order valence-corrected chi connectivity index (χ3v) is 4.59. The summed E-state index contributed by atoms with van der Waals surface area (Å²) in [5, 5.41) is 29.0. The average Bonchev–Trinajstić information content (AvgIpc) is 2.56. The molecular weight excluding hydrogens is 325 g/mol. The van der Waals surface area contributed by atoms with Gasteiger partial charge in [-0.15, -0.1) is 11.8 Å². The highest BCUT2D eigenvalue weighted by atomic mass is 32.2. The molecule has 23 heavy (non-hydrogen) atoms. The van der Waals surface area contributed by atoms with E-state index in [9.17, 15) is 19.7 Å². The fourth-order valence-electron chi connectivity index (χ4n) is 2.14. The molecule has 1 aliphatic rings. The van der Waals surface area contributed by atoms with Gasteiger partial charge in [-0.3, -0.25) is 0 Å². The van der Waals surface area contributed by atoms with Gasteiger partial charge in [-0.2, -0.15) is 0 Å². The van der Waals surface area contributed by atoms with Gasteiger partial charge in [0, 0.05) is 29.8 Å². The maximum atomic E-state index is 14.2. The van der Waals surface area contributed by atoms with Crippen LogP contribution in [0.3, 0.4) is 0 Å². The van der Waals surface area contributed by atoms with Gasteiger partial charge in [0.1, 0.15) is 30.0 Å². The Morgan fingerprint density at radius 1 is 1.13 bits per heavy atom. The maximum Gasteiger partial charge on any atom is 0.173 e. The van der Waals surface area contributed by atoms with E-state index >= 15 is 0 Å². The highest BCUT2D eigenvalue weighted by Gasteiger charge is 2.38. The molecule has 1 aliphatic heterocycles. The van der Waals surface area contributed by atoms with Crippen LogP contribution in [0, 0.1) is 5.82 Å². The molecule has 3 N–H and O–H groups in total. The molecule has 0 spiro atoms. The average molecular weight is 339 g/mol. The number of hydrogen-bond donors (Lipinski definition) is 3. The van der Waals surface area contributed by atoms with Gasteiger partial charge < -0.3 is 20.1 Å². The van der Waals surface area contributed by atoms with Crippen molar-refractivity contribution in [1.29, 1.82) is 0 Å². The monoisotopic (exact) mass is 339 g/mol. The van der Waals surface area contributed by atoms with Crippen LogP contribution in [-0.2, 0) is 0 Å². The first-order chi connectivity index (χ1) is 11.1. The van der Waals surface area contributed by atoms with Gasteiger partial charge in [-0.05, 0) is 0 Å². The fourth-order valence-corrected chi connectivity index (χ4v) is 3.26. The Labute approximate surface area is 135 Å². The predicted octanol–water partition coefficient (Wildman–Crippen LogP) is 0.212. The van der Waals surface area contributed by atoms with Gasteiger partial charge in [0.05, 0.1) is 12.3 Å². The summed E-state index contributed by atoms with van der Waals surface area (Å²) < 4.78 is 19.6. The SMILES string of the molecule is O[C@@H]1[C@@H](O)[C@@H](Oc2cnc(-c3cncnc3)c(F)c2)SC[C@H]1O. The molecule has 9 heteroatoms. The van der Waals surface area contributed by atoms with Crippen LogP contribution in [0.2, 0.25) is 0 Å². The minimum atomic E-state index is -1.31. The summed E-state index contributed by atoms with van der Waals surface area (Å²) in [6, 6.07) is 1.14. The smallest absolute Gasteiger partial charge is 0.173 e. The lowest BCUT2D eigenvalue weighted by atomic mass is 10.1. The first kappa shape index (κ1) is 16.1. The van der Waals surface area contributed by atoms with Crippen LogP contribution >= 0.6 is 11.8 Å². The van der Waals surface area contributed by atoms with Crippen molar-refractivity contribution >= 4 is 11.8 Å².